The molecule has 3 N–H and O–H groups in total. The minimum Gasteiger partial charge on any atom is -0.383 e. The summed E-state index contributed by atoms with van der Waals surface area (Å²) in [7, 11) is 1.62. The van der Waals surface area contributed by atoms with E-state index < -0.39 is 0 Å². The van der Waals surface area contributed by atoms with Crippen LogP contribution < -0.4 is 16.2 Å². The number of rotatable bonds is 5. The number of ether oxygens (including phenoxy) is 1. The molecular formula is C13H19N3O2S2. The smallest absolute Gasteiger partial charge is 0.262 e. The summed E-state index contributed by atoms with van der Waals surface area (Å²) in [5.41, 5.74) is 6.28. The fourth-order valence-corrected chi connectivity index (χ4v) is 2.49. The number of hydrogen-bond acceptors (Lipinski definition) is 4. The fourth-order valence-electron chi connectivity index (χ4n) is 1.42. The van der Waals surface area contributed by atoms with Crippen LogP contribution in [-0.4, -0.2) is 30.8 Å². The molecule has 0 aliphatic rings. The van der Waals surface area contributed by atoms with E-state index >= 15 is 0 Å². The maximum atomic E-state index is 11.6. The summed E-state index contributed by atoms with van der Waals surface area (Å²) in [5.74, 6) is -0.263. The first-order valence-electron chi connectivity index (χ1n) is 6.10. The van der Waals surface area contributed by atoms with E-state index in [0.29, 0.717) is 11.7 Å². The molecule has 7 heteroatoms. The molecule has 20 heavy (non-hydrogen) atoms. The number of methoxy groups -OCH3 is 1. The summed E-state index contributed by atoms with van der Waals surface area (Å²) >= 11 is 6.62. The molecule has 1 aromatic rings. The second-order valence-corrected chi connectivity index (χ2v) is 5.60. The van der Waals surface area contributed by atoms with Gasteiger partial charge in [0.25, 0.3) is 5.91 Å². The van der Waals surface area contributed by atoms with Crippen LogP contribution in [-0.2, 0) is 9.53 Å². The Morgan fingerprint density at radius 2 is 2.30 bits per heavy atom. The lowest BCUT2D eigenvalue weighted by Crippen LogP contribution is -2.49. The average molecular weight is 313 g/mol. The molecule has 1 unspecified atom stereocenters. The van der Waals surface area contributed by atoms with E-state index in [1.807, 2.05) is 25.3 Å². The number of hydrazine groups is 1. The fraction of sp³-hybridized carbons (Fsp3) is 0.385. The van der Waals surface area contributed by atoms with Crippen molar-refractivity contribution < 1.29 is 9.53 Å². The SMILES string of the molecule is COCC(C)NC(=S)NNC(=O)/C=C/c1sccc1C. The van der Waals surface area contributed by atoms with Gasteiger partial charge >= 0.3 is 0 Å². The normalized spacial score (nSPS) is 12.2. The molecule has 0 radical (unpaired) electrons. The monoisotopic (exact) mass is 313 g/mol. The molecule has 0 saturated carbocycles. The van der Waals surface area contributed by atoms with Crippen molar-refractivity contribution in [1.82, 2.24) is 16.2 Å². The molecule has 1 heterocycles. The number of carbonyl (C=O) groups excluding carboxylic acids is 1. The Hall–Kier alpha value is -1.44. The van der Waals surface area contributed by atoms with Crippen LogP contribution in [0, 0.1) is 6.92 Å². The zero-order chi connectivity index (χ0) is 15.0. The Labute approximate surface area is 128 Å². The number of nitrogens with one attached hydrogen (secondary N) is 3. The van der Waals surface area contributed by atoms with Crippen LogP contribution in [0.5, 0.6) is 0 Å². The maximum absolute atomic E-state index is 11.6. The second-order valence-electron chi connectivity index (χ2n) is 4.25. The van der Waals surface area contributed by atoms with Crippen LogP contribution in [0.3, 0.4) is 0 Å². The Morgan fingerprint density at radius 3 is 2.90 bits per heavy atom. The number of thiocarbonyl (C=S) groups is 1. The van der Waals surface area contributed by atoms with E-state index in [-0.39, 0.29) is 11.9 Å². The van der Waals surface area contributed by atoms with Gasteiger partial charge in [-0.1, -0.05) is 0 Å². The third-order valence-corrected chi connectivity index (χ3v) is 3.59. The van der Waals surface area contributed by atoms with E-state index in [2.05, 4.69) is 16.2 Å². The summed E-state index contributed by atoms with van der Waals surface area (Å²) in [5, 5.41) is 5.31. The van der Waals surface area contributed by atoms with Crippen molar-refractivity contribution in [3.63, 3.8) is 0 Å². The molecule has 0 aromatic carbocycles. The number of thiophene rings is 1. The first kappa shape index (κ1) is 16.6. The standard InChI is InChI=1S/C13H19N3O2S2/c1-9-6-7-20-11(9)4-5-12(17)15-16-13(19)14-10(2)8-18-3/h4-7,10H,8H2,1-3H3,(H,15,17)(H2,14,16,19)/b5-4+. The summed E-state index contributed by atoms with van der Waals surface area (Å²) in [6.07, 6.45) is 3.24. The van der Waals surface area contributed by atoms with Gasteiger partial charge in [0.1, 0.15) is 0 Å². The topological polar surface area (TPSA) is 62.4 Å². The van der Waals surface area contributed by atoms with Crippen LogP contribution >= 0.6 is 23.6 Å². The van der Waals surface area contributed by atoms with Crippen LogP contribution in [0.2, 0.25) is 0 Å². The number of aryl methyl sites for hydroxylation is 1. The molecule has 110 valence electrons. The van der Waals surface area contributed by atoms with Crippen molar-refractivity contribution in [3.8, 4) is 0 Å². The Balaban J connectivity index is 2.31. The van der Waals surface area contributed by atoms with Crippen LogP contribution in [0.1, 0.15) is 17.4 Å². The van der Waals surface area contributed by atoms with Crippen LogP contribution in [0.4, 0.5) is 0 Å². The van der Waals surface area contributed by atoms with Gasteiger partial charge in [-0.25, -0.2) is 0 Å². The van der Waals surface area contributed by atoms with Crippen molar-refractivity contribution in [1.29, 1.82) is 0 Å². The first-order chi connectivity index (χ1) is 9.52. The van der Waals surface area contributed by atoms with Crippen molar-refractivity contribution >= 4 is 40.7 Å². The molecule has 0 aliphatic heterocycles. The van der Waals surface area contributed by atoms with Gasteiger partial charge in [0, 0.05) is 24.1 Å². The maximum Gasteiger partial charge on any atom is 0.262 e. The quantitative estimate of drug-likeness (QED) is 0.438. The van der Waals surface area contributed by atoms with E-state index in [0.717, 1.165) is 10.4 Å². The van der Waals surface area contributed by atoms with Gasteiger partial charge in [0.05, 0.1) is 6.61 Å². The van der Waals surface area contributed by atoms with E-state index in [9.17, 15) is 4.79 Å². The lowest BCUT2D eigenvalue weighted by Gasteiger charge is -2.15. The summed E-state index contributed by atoms with van der Waals surface area (Å²) in [4.78, 5) is 12.7. The van der Waals surface area contributed by atoms with Gasteiger partial charge < -0.3 is 10.1 Å². The first-order valence-corrected chi connectivity index (χ1v) is 7.39. The van der Waals surface area contributed by atoms with Crippen LogP contribution in [0.25, 0.3) is 6.08 Å². The second kappa shape index (κ2) is 8.68. The van der Waals surface area contributed by atoms with Crippen molar-refractivity contribution in [3.05, 3.63) is 28.0 Å². The van der Waals surface area contributed by atoms with Crippen LogP contribution in [0.15, 0.2) is 17.5 Å². The number of hydrogen-bond donors (Lipinski definition) is 3. The van der Waals surface area contributed by atoms with Gasteiger partial charge in [0.2, 0.25) is 0 Å². The van der Waals surface area contributed by atoms with Gasteiger partial charge in [-0.15, -0.1) is 11.3 Å². The van der Waals surface area contributed by atoms with Crippen molar-refractivity contribution in [2.75, 3.05) is 13.7 Å². The highest BCUT2D eigenvalue weighted by Crippen LogP contribution is 2.16. The Bertz CT molecular complexity index is 486. The number of amides is 1. The highest BCUT2D eigenvalue weighted by Gasteiger charge is 2.03. The molecule has 0 bridgehead atoms. The van der Waals surface area contributed by atoms with Crippen molar-refractivity contribution in [2.45, 2.75) is 19.9 Å². The minimum absolute atomic E-state index is 0.0706. The molecule has 0 saturated heterocycles. The van der Waals surface area contributed by atoms with E-state index in [1.165, 1.54) is 6.08 Å². The summed E-state index contributed by atoms with van der Waals surface area (Å²) in [6, 6.07) is 2.08. The van der Waals surface area contributed by atoms with Gasteiger partial charge in [0.15, 0.2) is 5.11 Å². The predicted molar refractivity (Wildman–Crippen MR) is 86.4 cm³/mol. The Morgan fingerprint density at radius 1 is 1.55 bits per heavy atom. The third-order valence-electron chi connectivity index (χ3n) is 2.38. The molecule has 0 spiro atoms. The van der Waals surface area contributed by atoms with Crippen molar-refractivity contribution in [2.24, 2.45) is 0 Å². The molecule has 0 fully saturated rings. The third kappa shape index (κ3) is 6.14. The lowest BCUT2D eigenvalue weighted by atomic mass is 10.3. The predicted octanol–water partition coefficient (Wildman–Crippen LogP) is 1.60. The Kier molecular flexibility index (Phi) is 7.21. The molecule has 1 atom stereocenters. The zero-order valence-electron chi connectivity index (χ0n) is 11.7. The van der Waals surface area contributed by atoms with Gasteiger partial charge in [-0.3, -0.25) is 15.6 Å². The molecule has 1 rings (SSSR count). The largest absolute Gasteiger partial charge is 0.383 e. The average Bonchev–Trinajstić information content (AvgIpc) is 2.79. The molecule has 1 aromatic heterocycles. The highest BCUT2D eigenvalue weighted by atomic mass is 32.1. The molecule has 5 nitrogen and oxygen atoms in total. The lowest BCUT2D eigenvalue weighted by molar-refractivity contribution is -0.116. The van der Waals surface area contributed by atoms with Gasteiger partial charge in [-0.2, -0.15) is 0 Å². The molecular weight excluding hydrogens is 294 g/mol. The minimum atomic E-state index is -0.263. The number of carbonyl (C=O) groups is 1. The summed E-state index contributed by atoms with van der Waals surface area (Å²) < 4.78 is 4.97. The molecule has 0 aliphatic carbocycles. The van der Waals surface area contributed by atoms with Gasteiger partial charge in [-0.05, 0) is 49.2 Å². The summed E-state index contributed by atoms with van der Waals surface area (Å²) in [6.45, 7) is 4.47. The molecule has 1 amide bonds. The zero-order valence-corrected chi connectivity index (χ0v) is 13.4. The van der Waals surface area contributed by atoms with E-state index in [4.69, 9.17) is 17.0 Å². The van der Waals surface area contributed by atoms with E-state index in [1.54, 1.807) is 24.5 Å². The highest BCUT2D eigenvalue weighted by molar-refractivity contribution is 7.80.